The molecule has 0 saturated heterocycles. The molecule has 1 aromatic heterocycles. The number of nitrogens with zero attached hydrogens (tertiary/aromatic N) is 2. The van der Waals surface area contributed by atoms with Crippen LogP contribution in [0.15, 0.2) is 24.5 Å². The molecule has 0 bridgehead atoms. The monoisotopic (exact) mass is 277 g/mol. The number of aromatic nitrogens is 2. The molecule has 0 amide bonds. The summed E-state index contributed by atoms with van der Waals surface area (Å²) in [5.41, 5.74) is 2.13. The van der Waals surface area contributed by atoms with Crippen LogP contribution in [0.4, 0.5) is 5.82 Å². The van der Waals surface area contributed by atoms with Crippen LogP contribution in [-0.2, 0) is 0 Å². The Bertz CT molecular complexity index is 541. The minimum atomic E-state index is 0.181. The van der Waals surface area contributed by atoms with Crippen LogP contribution in [0.5, 0.6) is 0 Å². The molecule has 4 nitrogen and oxygen atoms in total. The van der Waals surface area contributed by atoms with E-state index >= 15 is 0 Å². The first-order valence-electron chi connectivity index (χ1n) is 6.32. The zero-order valence-corrected chi connectivity index (χ0v) is 12.1. The maximum atomic E-state index is 9.12. The third kappa shape index (κ3) is 3.58. The van der Waals surface area contributed by atoms with Crippen LogP contribution in [0.2, 0.25) is 0 Å². The van der Waals surface area contributed by atoms with Crippen molar-refractivity contribution in [1.29, 1.82) is 0 Å². The number of rotatable bonds is 6. The summed E-state index contributed by atoms with van der Waals surface area (Å²) in [7, 11) is 0. The van der Waals surface area contributed by atoms with Gasteiger partial charge in [0.15, 0.2) is 0 Å². The maximum Gasteiger partial charge on any atom is 0.137 e. The SMILES string of the molecule is CSCC(CCO)Nc1ncnc2ccc(C)cc12. The number of hydrogen-bond acceptors (Lipinski definition) is 5. The summed E-state index contributed by atoms with van der Waals surface area (Å²) < 4.78 is 0. The van der Waals surface area contributed by atoms with Crippen LogP contribution >= 0.6 is 11.8 Å². The molecule has 1 aromatic carbocycles. The first-order chi connectivity index (χ1) is 9.24. The topological polar surface area (TPSA) is 58.0 Å². The number of nitrogens with one attached hydrogen (secondary N) is 1. The minimum absolute atomic E-state index is 0.181. The lowest BCUT2D eigenvalue weighted by Gasteiger charge is -2.18. The lowest BCUT2D eigenvalue weighted by Crippen LogP contribution is -2.24. The Balaban J connectivity index is 2.30. The molecule has 2 aromatic rings. The van der Waals surface area contributed by atoms with Crippen molar-refractivity contribution in [2.45, 2.75) is 19.4 Å². The van der Waals surface area contributed by atoms with Crippen molar-refractivity contribution in [2.24, 2.45) is 0 Å². The highest BCUT2D eigenvalue weighted by Crippen LogP contribution is 2.22. The van der Waals surface area contributed by atoms with E-state index in [1.807, 2.05) is 12.1 Å². The fourth-order valence-corrected chi connectivity index (χ4v) is 2.69. The molecular weight excluding hydrogens is 258 g/mol. The van der Waals surface area contributed by atoms with Gasteiger partial charge in [-0.05, 0) is 31.7 Å². The second kappa shape index (κ2) is 6.73. The lowest BCUT2D eigenvalue weighted by molar-refractivity contribution is 0.282. The van der Waals surface area contributed by atoms with E-state index in [2.05, 4.69) is 34.5 Å². The van der Waals surface area contributed by atoms with Crippen molar-refractivity contribution in [1.82, 2.24) is 9.97 Å². The molecular formula is C14H19N3OS. The standard InChI is InChI=1S/C14H19N3OS/c1-10-3-4-13-12(7-10)14(16-9-15-13)17-11(5-6-18)8-19-2/h3-4,7,9,11,18H,5-6,8H2,1-2H3,(H,15,16,17). The fourth-order valence-electron chi connectivity index (χ4n) is 2.03. The smallest absolute Gasteiger partial charge is 0.137 e. The van der Waals surface area contributed by atoms with Crippen LogP contribution in [0.1, 0.15) is 12.0 Å². The maximum absolute atomic E-state index is 9.12. The predicted octanol–water partition coefficient (Wildman–Crippen LogP) is 2.46. The van der Waals surface area contributed by atoms with E-state index < -0.39 is 0 Å². The zero-order valence-electron chi connectivity index (χ0n) is 11.3. The molecule has 0 aliphatic heterocycles. The highest BCUT2D eigenvalue weighted by molar-refractivity contribution is 7.98. The number of aliphatic hydroxyl groups excluding tert-OH is 1. The third-order valence-electron chi connectivity index (χ3n) is 2.98. The summed E-state index contributed by atoms with van der Waals surface area (Å²) in [5.74, 6) is 1.79. The quantitative estimate of drug-likeness (QED) is 0.849. The lowest BCUT2D eigenvalue weighted by atomic mass is 10.1. The molecule has 5 heteroatoms. The second-order valence-corrected chi connectivity index (χ2v) is 5.46. The summed E-state index contributed by atoms with van der Waals surface area (Å²) in [6.45, 7) is 2.24. The number of aliphatic hydroxyl groups is 1. The van der Waals surface area contributed by atoms with Gasteiger partial charge in [0.25, 0.3) is 0 Å². The first kappa shape index (κ1) is 14.1. The Kier molecular flexibility index (Phi) is 4.99. The van der Waals surface area contributed by atoms with Gasteiger partial charge in [-0.15, -0.1) is 0 Å². The Morgan fingerprint density at radius 2 is 2.21 bits per heavy atom. The van der Waals surface area contributed by atoms with Crippen LogP contribution in [0.25, 0.3) is 10.9 Å². The van der Waals surface area contributed by atoms with E-state index in [0.29, 0.717) is 0 Å². The number of anilines is 1. The molecule has 1 atom stereocenters. The van der Waals surface area contributed by atoms with Gasteiger partial charge in [-0.2, -0.15) is 11.8 Å². The van der Waals surface area contributed by atoms with Crippen LogP contribution in [-0.4, -0.2) is 39.7 Å². The molecule has 2 rings (SSSR count). The Morgan fingerprint density at radius 1 is 1.37 bits per heavy atom. The minimum Gasteiger partial charge on any atom is -0.396 e. The van der Waals surface area contributed by atoms with Gasteiger partial charge in [0.05, 0.1) is 5.52 Å². The van der Waals surface area contributed by atoms with E-state index in [4.69, 9.17) is 5.11 Å². The van der Waals surface area contributed by atoms with E-state index in [9.17, 15) is 0 Å². The number of aryl methyl sites for hydroxylation is 1. The molecule has 0 radical (unpaired) electrons. The normalized spacial score (nSPS) is 12.6. The zero-order chi connectivity index (χ0) is 13.7. The summed E-state index contributed by atoms with van der Waals surface area (Å²) >= 11 is 1.76. The molecule has 1 heterocycles. The highest BCUT2D eigenvalue weighted by atomic mass is 32.2. The van der Waals surface area contributed by atoms with Gasteiger partial charge >= 0.3 is 0 Å². The van der Waals surface area contributed by atoms with Gasteiger partial charge < -0.3 is 10.4 Å². The Labute approximate surface area is 117 Å². The van der Waals surface area contributed by atoms with Gasteiger partial charge in [0, 0.05) is 23.8 Å². The van der Waals surface area contributed by atoms with Gasteiger partial charge in [-0.3, -0.25) is 0 Å². The third-order valence-corrected chi connectivity index (χ3v) is 3.71. The average molecular weight is 277 g/mol. The number of thioether (sulfide) groups is 1. The van der Waals surface area contributed by atoms with E-state index in [-0.39, 0.29) is 12.6 Å². The Morgan fingerprint density at radius 3 is 2.95 bits per heavy atom. The largest absolute Gasteiger partial charge is 0.396 e. The van der Waals surface area contributed by atoms with Crippen molar-refractivity contribution in [3.05, 3.63) is 30.1 Å². The molecule has 0 aliphatic carbocycles. The number of benzene rings is 1. The predicted molar refractivity (Wildman–Crippen MR) is 81.8 cm³/mol. The average Bonchev–Trinajstić information content (AvgIpc) is 2.40. The van der Waals surface area contributed by atoms with Gasteiger partial charge in [-0.1, -0.05) is 11.6 Å². The van der Waals surface area contributed by atoms with Crippen LogP contribution < -0.4 is 5.32 Å². The fraction of sp³-hybridized carbons (Fsp3) is 0.429. The first-order valence-corrected chi connectivity index (χ1v) is 7.71. The van der Waals surface area contributed by atoms with Crippen molar-refractivity contribution in [3.8, 4) is 0 Å². The summed E-state index contributed by atoms with van der Waals surface area (Å²) in [5, 5.41) is 13.6. The molecule has 2 N–H and O–H groups in total. The van der Waals surface area contributed by atoms with Gasteiger partial charge in [0.2, 0.25) is 0 Å². The second-order valence-electron chi connectivity index (χ2n) is 4.55. The highest BCUT2D eigenvalue weighted by Gasteiger charge is 2.10. The van der Waals surface area contributed by atoms with Crippen molar-refractivity contribution < 1.29 is 5.11 Å². The molecule has 0 fully saturated rings. The summed E-state index contributed by atoms with van der Waals surface area (Å²) in [6, 6.07) is 6.37. The molecule has 19 heavy (non-hydrogen) atoms. The molecule has 1 unspecified atom stereocenters. The van der Waals surface area contributed by atoms with Crippen LogP contribution in [0, 0.1) is 6.92 Å². The van der Waals surface area contributed by atoms with Crippen molar-refractivity contribution in [2.75, 3.05) is 23.9 Å². The number of fused-ring (bicyclic) bond motifs is 1. The van der Waals surface area contributed by atoms with E-state index in [0.717, 1.165) is 28.9 Å². The summed E-state index contributed by atoms with van der Waals surface area (Å²) in [6.07, 6.45) is 4.36. The number of hydrogen-bond donors (Lipinski definition) is 2. The van der Waals surface area contributed by atoms with E-state index in [1.54, 1.807) is 18.1 Å². The molecule has 0 aliphatic rings. The Hall–Kier alpha value is -1.33. The molecule has 0 spiro atoms. The molecule has 0 saturated carbocycles. The van der Waals surface area contributed by atoms with Crippen molar-refractivity contribution >= 4 is 28.5 Å². The molecule has 102 valence electrons. The van der Waals surface area contributed by atoms with Gasteiger partial charge in [0.1, 0.15) is 12.1 Å². The van der Waals surface area contributed by atoms with E-state index in [1.165, 1.54) is 5.56 Å². The van der Waals surface area contributed by atoms with Crippen LogP contribution in [0.3, 0.4) is 0 Å². The van der Waals surface area contributed by atoms with Gasteiger partial charge in [-0.25, -0.2) is 9.97 Å². The van der Waals surface area contributed by atoms with Crippen molar-refractivity contribution in [3.63, 3.8) is 0 Å². The summed E-state index contributed by atoms with van der Waals surface area (Å²) in [4.78, 5) is 8.62.